The van der Waals surface area contributed by atoms with Gasteiger partial charge in [-0.1, -0.05) is 26.7 Å². The predicted octanol–water partition coefficient (Wildman–Crippen LogP) is 2.38. The van der Waals surface area contributed by atoms with Gasteiger partial charge in [-0.2, -0.15) is 5.26 Å². The van der Waals surface area contributed by atoms with Crippen LogP contribution in [0.25, 0.3) is 0 Å². The third-order valence-corrected chi connectivity index (χ3v) is 5.08. The summed E-state index contributed by atoms with van der Waals surface area (Å²) in [5, 5.41) is 9.03. The highest BCUT2D eigenvalue weighted by atomic mass is 31.2. The highest BCUT2D eigenvalue weighted by molar-refractivity contribution is 7.51. The maximum Gasteiger partial charge on any atom is 0.326 e. The molecular formula is C11H20NO3P. The molecule has 1 aliphatic carbocycles. The van der Waals surface area contributed by atoms with Crippen LogP contribution in [0.3, 0.4) is 0 Å². The Morgan fingerprint density at radius 2 is 1.81 bits per heavy atom. The smallest absolute Gasteiger partial charge is 0.324 e. The molecule has 0 aliphatic heterocycles. The van der Waals surface area contributed by atoms with E-state index in [1.54, 1.807) is 6.92 Å². The zero-order valence-corrected chi connectivity index (χ0v) is 10.9. The maximum absolute atomic E-state index is 11.2. The van der Waals surface area contributed by atoms with Gasteiger partial charge in [0.1, 0.15) is 0 Å². The summed E-state index contributed by atoms with van der Waals surface area (Å²) >= 11 is 0. The van der Waals surface area contributed by atoms with Gasteiger partial charge >= 0.3 is 7.60 Å². The van der Waals surface area contributed by atoms with Crippen LogP contribution in [0.1, 0.15) is 33.6 Å². The van der Waals surface area contributed by atoms with Crippen LogP contribution in [0.15, 0.2) is 0 Å². The molecule has 1 saturated carbocycles. The van der Waals surface area contributed by atoms with Crippen molar-refractivity contribution in [3.05, 3.63) is 0 Å². The van der Waals surface area contributed by atoms with Gasteiger partial charge in [0.05, 0.1) is 18.1 Å². The summed E-state index contributed by atoms with van der Waals surface area (Å²) in [5.41, 5.74) is -0.447. The van der Waals surface area contributed by atoms with Gasteiger partial charge in [-0.05, 0) is 18.8 Å². The molecule has 4 nitrogen and oxygen atoms in total. The van der Waals surface area contributed by atoms with Crippen molar-refractivity contribution in [3.63, 3.8) is 0 Å². The van der Waals surface area contributed by atoms with Crippen molar-refractivity contribution in [2.75, 3.05) is 6.16 Å². The van der Waals surface area contributed by atoms with E-state index in [2.05, 4.69) is 6.07 Å². The molecule has 92 valence electrons. The predicted molar refractivity (Wildman–Crippen MR) is 61.7 cm³/mol. The van der Waals surface area contributed by atoms with E-state index in [9.17, 15) is 4.57 Å². The van der Waals surface area contributed by atoms with E-state index in [-0.39, 0.29) is 12.1 Å². The van der Waals surface area contributed by atoms with Gasteiger partial charge in [0, 0.05) is 5.41 Å². The van der Waals surface area contributed by atoms with E-state index in [0.29, 0.717) is 11.8 Å². The van der Waals surface area contributed by atoms with E-state index >= 15 is 0 Å². The number of hydrogen-bond acceptors (Lipinski definition) is 2. The van der Waals surface area contributed by atoms with Crippen LogP contribution in [0.4, 0.5) is 0 Å². The lowest BCUT2D eigenvalue weighted by atomic mass is 9.88. The Morgan fingerprint density at radius 1 is 1.38 bits per heavy atom. The van der Waals surface area contributed by atoms with E-state index in [4.69, 9.17) is 15.0 Å². The van der Waals surface area contributed by atoms with Gasteiger partial charge in [-0.3, -0.25) is 4.57 Å². The Labute approximate surface area is 96.8 Å². The zero-order valence-electron chi connectivity index (χ0n) is 10.1. The molecule has 1 rings (SSSR count). The molecule has 0 radical (unpaired) electrons. The van der Waals surface area contributed by atoms with Crippen molar-refractivity contribution in [2.24, 2.45) is 23.2 Å². The van der Waals surface area contributed by atoms with Gasteiger partial charge in [-0.25, -0.2) is 0 Å². The van der Waals surface area contributed by atoms with E-state index < -0.39 is 13.0 Å². The van der Waals surface area contributed by atoms with Gasteiger partial charge in [0.25, 0.3) is 0 Å². The number of hydrogen-bond donors (Lipinski definition) is 2. The Hall–Kier alpha value is -0.360. The molecule has 0 saturated heterocycles. The SMILES string of the molecule is CCC1C(CC)C1(CP(=O)(O)O)C(C)C#N. The monoisotopic (exact) mass is 245 g/mol. The Balaban J connectivity index is 2.98. The van der Waals surface area contributed by atoms with Crippen LogP contribution in [-0.2, 0) is 4.57 Å². The lowest BCUT2D eigenvalue weighted by molar-refractivity contribution is 0.317. The summed E-state index contributed by atoms with van der Waals surface area (Å²) in [5.74, 6) is 0.301. The first kappa shape index (κ1) is 13.7. The molecule has 3 unspecified atom stereocenters. The Kier molecular flexibility index (Phi) is 3.84. The second-order valence-corrected chi connectivity index (χ2v) is 6.46. The van der Waals surface area contributed by atoms with Crippen molar-refractivity contribution >= 4 is 7.60 Å². The molecule has 0 aromatic heterocycles. The van der Waals surface area contributed by atoms with E-state index in [1.165, 1.54) is 0 Å². The summed E-state index contributed by atoms with van der Waals surface area (Å²) in [7, 11) is -4.04. The highest BCUT2D eigenvalue weighted by Crippen LogP contribution is 2.70. The molecule has 3 atom stereocenters. The fraction of sp³-hybridized carbons (Fsp3) is 0.909. The first-order chi connectivity index (χ1) is 7.33. The Morgan fingerprint density at radius 3 is 2.06 bits per heavy atom. The van der Waals surface area contributed by atoms with Crippen LogP contribution < -0.4 is 0 Å². The quantitative estimate of drug-likeness (QED) is 0.728. The minimum atomic E-state index is -4.04. The topological polar surface area (TPSA) is 81.3 Å². The third-order valence-electron chi connectivity index (χ3n) is 4.12. The molecule has 0 amide bonds. The molecule has 0 aromatic rings. The van der Waals surface area contributed by atoms with E-state index in [0.717, 1.165) is 12.8 Å². The average molecular weight is 245 g/mol. The van der Waals surface area contributed by atoms with Crippen molar-refractivity contribution in [1.29, 1.82) is 5.26 Å². The number of nitriles is 1. The lowest BCUT2D eigenvalue weighted by Gasteiger charge is -2.21. The van der Waals surface area contributed by atoms with Crippen molar-refractivity contribution in [3.8, 4) is 6.07 Å². The van der Waals surface area contributed by atoms with Gasteiger partial charge in [0.2, 0.25) is 0 Å². The second kappa shape index (κ2) is 4.49. The van der Waals surface area contributed by atoms with Crippen LogP contribution in [0.2, 0.25) is 0 Å². The third kappa shape index (κ3) is 2.18. The van der Waals surface area contributed by atoms with Crippen molar-refractivity contribution in [2.45, 2.75) is 33.6 Å². The van der Waals surface area contributed by atoms with E-state index in [1.807, 2.05) is 13.8 Å². The molecule has 0 aromatic carbocycles. The van der Waals surface area contributed by atoms with Crippen LogP contribution in [0, 0.1) is 34.5 Å². The molecule has 1 aliphatic rings. The molecule has 2 N–H and O–H groups in total. The Bertz CT molecular complexity index is 334. The van der Waals surface area contributed by atoms with Gasteiger partial charge in [0.15, 0.2) is 0 Å². The number of rotatable bonds is 5. The van der Waals surface area contributed by atoms with Gasteiger partial charge in [-0.15, -0.1) is 0 Å². The second-order valence-electron chi connectivity index (χ2n) is 4.82. The summed E-state index contributed by atoms with van der Waals surface area (Å²) in [4.78, 5) is 18.3. The molecule has 16 heavy (non-hydrogen) atoms. The van der Waals surface area contributed by atoms with Crippen LogP contribution in [0.5, 0.6) is 0 Å². The molecular weight excluding hydrogens is 225 g/mol. The summed E-state index contributed by atoms with van der Waals surface area (Å²) < 4.78 is 11.2. The molecule has 0 spiro atoms. The fourth-order valence-electron chi connectivity index (χ4n) is 3.45. The van der Waals surface area contributed by atoms with Crippen LogP contribution in [-0.4, -0.2) is 15.9 Å². The molecule has 1 fully saturated rings. The lowest BCUT2D eigenvalue weighted by Crippen LogP contribution is -2.21. The fourth-order valence-corrected chi connectivity index (χ4v) is 4.91. The highest BCUT2D eigenvalue weighted by Gasteiger charge is 2.66. The normalized spacial score (nSPS) is 35.5. The largest absolute Gasteiger partial charge is 0.326 e. The molecule has 0 bridgehead atoms. The zero-order chi connectivity index (χ0) is 12.6. The minimum Gasteiger partial charge on any atom is -0.324 e. The minimum absolute atomic E-state index is 0.133. The number of nitrogens with zero attached hydrogens (tertiary/aromatic N) is 1. The molecule has 0 heterocycles. The summed E-state index contributed by atoms with van der Waals surface area (Å²) in [6.45, 7) is 5.84. The van der Waals surface area contributed by atoms with Crippen molar-refractivity contribution in [1.82, 2.24) is 0 Å². The van der Waals surface area contributed by atoms with Crippen molar-refractivity contribution < 1.29 is 14.4 Å². The molecule has 5 heteroatoms. The maximum atomic E-state index is 11.2. The average Bonchev–Trinajstić information content (AvgIpc) is 2.81. The first-order valence-corrected chi connectivity index (χ1v) is 7.57. The standard InChI is InChI=1S/C11H20NO3P/c1-4-9-10(5-2)11(9,8(3)6-12)7-16(13,14)15/h8-10H,4-5,7H2,1-3H3,(H2,13,14,15). The first-order valence-electron chi connectivity index (χ1n) is 5.77. The van der Waals surface area contributed by atoms with Gasteiger partial charge < -0.3 is 9.79 Å². The summed E-state index contributed by atoms with van der Waals surface area (Å²) in [6, 6.07) is 2.18. The summed E-state index contributed by atoms with van der Waals surface area (Å²) in [6.07, 6.45) is 1.65. The van der Waals surface area contributed by atoms with Crippen LogP contribution >= 0.6 is 7.60 Å².